The van der Waals surface area contributed by atoms with E-state index in [1.807, 2.05) is 6.08 Å². The van der Waals surface area contributed by atoms with E-state index in [1.165, 1.54) is 250 Å². The van der Waals surface area contributed by atoms with Crippen molar-refractivity contribution in [1.29, 1.82) is 0 Å². The number of carbonyl (C=O) groups is 2. The number of carbonyl (C=O) groups excluding carboxylic acids is 2. The van der Waals surface area contributed by atoms with E-state index in [-0.39, 0.29) is 18.5 Å². The summed E-state index contributed by atoms with van der Waals surface area (Å²) in [6, 6.07) is -0.825. The molecule has 0 spiro atoms. The highest BCUT2D eigenvalue weighted by atomic mass is 16.7. The predicted molar refractivity (Wildman–Crippen MR) is 361 cm³/mol. The van der Waals surface area contributed by atoms with Gasteiger partial charge in [0, 0.05) is 12.8 Å². The first-order chi connectivity index (χ1) is 42.2. The summed E-state index contributed by atoms with van der Waals surface area (Å²) in [5.41, 5.74) is 0. The molecule has 502 valence electrons. The number of hydrogen-bond acceptors (Lipinski definition) is 10. The van der Waals surface area contributed by atoms with Crippen LogP contribution in [0.15, 0.2) is 60.8 Å². The average molecular weight is 1210 g/mol. The van der Waals surface area contributed by atoms with Gasteiger partial charge < -0.3 is 45.1 Å². The van der Waals surface area contributed by atoms with Crippen molar-refractivity contribution in [2.45, 2.75) is 384 Å². The third kappa shape index (κ3) is 52.2. The number of allylic oxidation sites excluding steroid dienone is 9. The van der Waals surface area contributed by atoms with Gasteiger partial charge in [0.05, 0.1) is 32.0 Å². The first kappa shape index (κ1) is 81.4. The Kier molecular flexibility index (Phi) is 60.5. The summed E-state index contributed by atoms with van der Waals surface area (Å²) in [6.07, 6.45) is 75.4. The standard InChI is InChI=1S/C75H137NO10/c1-3-5-7-9-11-13-14-43-47-51-55-59-63-71(80)84-64-60-56-52-48-44-41-39-37-35-33-31-29-27-25-23-21-19-17-15-16-18-20-22-24-26-28-30-32-34-36-38-40-42-46-50-54-58-62-70(79)76-67(68(78)61-57-53-49-45-12-10-8-6-4-2)66-85-75-74(83)73(82)72(81)69(65-77)86-75/h11-13,15,17,21,23,45,57,61,67-69,72-75,77-78,81-83H,3-10,14,16,18-20,22,24-44,46-56,58-60,62-66H2,1-2H3,(H,76,79)/b13-11-,17-15-,23-21-,45-12+,61-57+. The number of esters is 1. The molecule has 0 saturated carbocycles. The number of amides is 1. The summed E-state index contributed by atoms with van der Waals surface area (Å²) in [5.74, 6) is -0.189. The molecular formula is C75H137NO10. The van der Waals surface area contributed by atoms with Crippen LogP contribution in [0.5, 0.6) is 0 Å². The van der Waals surface area contributed by atoms with Crippen LogP contribution in [0.2, 0.25) is 0 Å². The topological polar surface area (TPSA) is 175 Å². The third-order valence-corrected chi connectivity index (χ3v) is 17.1. The van der Waals surface area contributed by atoms with Gasteiger partial charge in [-0.25, -0.2) is 0 Å². The van der Waals surface area contributed by atoms with E-state index in [9.17, 15) is 35.1 Å². The van der Waals surface area contributed by atoms with Gasteiger partial charge in [-0.1, -0.05) is 286 Å². The van der Waals surface area contributed by atoms with E-state index < -0.39 is 49.5 Å². The maximum atomic E-state index is 13.0. The number of unbranched alkanes of at least 4 members (excludes halogenated alkanes) is 42. The van der Waals surface area contributed by atoms with Gasteiger partial charge >= 0.3 is 5.97 Å². The van der Waals surface area contributed by atoms with Gasteiger partial charge in [0.15, 0.2) is 6.29 Å². The minimum absolute atomic E-state index is 0.00203. The van der Waals surface area contributed by atoms with E-state index in [0.717, 1.165) is 64.2 Å². The second kappa shape index (κ2) is 63.9. The van der Waals surface area contributed by atoms with Crippen LogP contribution >= 0.6 is 0 Å². The zero-order chi connectivity index (χ0) is 62.3. The summed E-state index contributed by atoms with van der Waals surface area (Å²) in [6.45, 7) is 4.27. The Bertz CT molecular complexity index is 1610. The maximum Gasteiger partial charge on any atom is 0.305 e. The van der Waals surface area contributed by atoms with Gasteiger partial charge in [0.25, 0.3) is 0 Å². The second-order valence-corrected chi connectivity index (χ2v) is 25.3. The molecule has 0 radical (unpaired) electrons. The summed E-state index contributed by atoms with van der Waals surface area (Å²) in [5, 5.41) is 54.3. The molecule has 7 unspecified atom stereocenters. The molecule has 1 fully saturated rings. The second-order valence-electron chi connectivity index (χ2n) is 25.3. The highest BCUT2D eigenvalue weighted by molar-refractivity contribution is 5.76. The molecule has 1 aliphatic heterocycles. The average Bonchev–Trinajstić information content (AvgIpc) is 3.71. The fraction of sp³-hybridized carbons (Fsp3) is 0.840. The van der Waals surface area contributed by atoms with Gasteiger partial charge in [-0.15, -0.1) is 0 Å². The van der Waals surface area contributed by atoms with E-state index in [2.05, 4.69) is 67.8 Å². The van der Waals surface area contributed by atoms with Gasteiger partial charge in [0.2, 0.25) is 5.91 Å². The molecule has 1 aliphatic rings. The molecule has 1 saturated heterocycles. The molecule has 0 bridgehead atoms. The Labute approximate surface area is 528 Å². The lowest BCUT2D eigenvalue weighted by atomic mass is 9.99. The lowest BCUT2D eigenvalue weighted by molar-refractivity contribution is -0.302. The quantitative estimate of drug-likeness (QED) is 0.0195. The highest BCUT2D eigenvalue weighted by Gasteiger charge is 2.44. The molecule has 1 heterocycles. The number of aliphatic hydroxyl groups is 5. The minimum atomic E-state index is -1.57. The zero-order valence-corrected chi connectivity index (χ0v) is 55.8. The molecule has 11 nitrogen and oxygen atoms in total. The monoisotopic (exact) mass is 1210 g/mol. The van der Waals surface area contributed by atoms with Crippen molar-refractivity contribution in [2.75, 3.05) is 19.8 Å². The fourth-order valence-corrected chi connectivity index (χ4v) is 11.3. The van der Waals surface area contributed by atoms with Crippen molar-refractivity contribution in [3.05, 3.63) is 60.8 Å². The first-order valence-corrected chi connectivity index (χ1v) is 36.6. The molecule has 0 aliphatic carbocycles. The third-order valence-electron chi connectivity index (χ3n) is 17.1. The molecule has 6 N–H and O–H groups in total. The number of nitrogens with one attached hydrogen (secondary N) is 1. The summed E-state index contributed by atoms with van der Waals surface area (Å²) >= 11 is 0. The van der Waals surface area contributed by atoms with Gasteiger partial charge in [-0.05, 0) is 103 Å². The predicted octanol–water partition coefficient (Wildman–Crippen LogP) is 18.9. The zero-order valence-electron chi connectivity index (χ0n) is 55.8. The molecule has 0 aromatic carbocycles. The lowest BCUT2D eigenvalue weighted by Crippen LogP contribution is -2.60. The van der Waals surface area contributed by atoms with E-state index in [0.29, 0.717) is 19.4 Å². The van der Waals surface area contributed by atoms with Crippen LogP contribution in [-0.4, -0.2) is 100 Å². The van der Waals surface area contributed by atoms with Crippen molar-refractivity contribution >= 4 is 11.9 Å². The maximum absolute atomic E-state index is 13.0. The summed E-state index contributed by atoms with van der Waals surface area (Å²) in [7, 11) is 0. The highest BCUT2D eigenvalue weighted by Crippen LogP contribution is 2.23. The number of ether oxygens (including phenoxy) is 3. The van der Waals surface area contributed by atoms with Crippen molar-refractivity contribution < 1.29 is 49.3 Å². The molecule has 1 rings (SSSR count). The van der Waals surface area contributed by atoms with Crippen molar-refractivity contribution in [3.8, 4) is 0 Å². The Balaban J connectivity index is 1.90. The summed E-state index contributed by atoms with van der Waals surface area (Å²) in [4.78, 5) is 25.0. The molecule has 0 aromatic rings. The Morgan fingerprint density at radius 2 is 0.791 bits per heavy atom. The van der Waals surface area contributed by atoms with Crippen LogP contribution in [0.4, 0.5) is 0 Å². The normalized spacial score (nSPS) is 18.2. The minimum Gasteiger partial charge on any atom is -0.466 e. The van der Waals surface area contributed by atoms with Crippen LogP contribution in [-0.2, 0) is 23.8 Å². The smallest absolute Gasteiger partial charge is 0.305 e. The molecule has 86 heavy (non-hydrogen) atoms. The molecule has 11 heteroatoms. The van der Waals surface area contributed by atoms with Gasteiger partial charge in [-0.3, -0.25) is 9.59 Å². The Morgan fingerprint density at radius 1 is 0.430 bits per heavy atom. The van der Waals surface area contributed by atoms with Crippen molar-refractivity contribution in [2.24, 2.45) is 0 Å². The van der Waals surface area contributed by atoms with Crippen LogP contribution in [0.3, 0.4) is 0 Å². The Hall–Kier alpha value is -2.64. The number of hydrogen-bond donors (Lipinski definition) is 6. The number of rotatable bonds is 64. The van der Waals surface area contributed by atoms with Crippen LogP contribution in [0.25, 0.3) is 0 Å². The van der Waals surface area contributed by atoms with Crippen LogP contribution < -0.4 is 5.32 Å². The van der Waals surface area contributed by atoms with Gasteiger partial charge in [-0.2, -0.15) is 0 Å². The molecule has 1 amide bonds. The SMILES string of the molecule is CCCCC/C=C\CCCCCCCC(=O)OCCCCCCCCCCCCCCC/C=C\C/C=C\CCCCCCCCCCCCCCCCCCCC(=O)NC(COC1OC(CO)C(O)C(O)C1O)C(O)/C=C/CC/C=C/CCCCC. The van der Waals surface area contributed by atoms with Crippen LogP contribution in [0, 0.1) is 0 Å². The van der Waals surface area contributed by atoms with Crippen LogP contribution in [0.1, 0.15) is 341 Å². The van der Waals surface area contributed by atoms with Gasteiger partial charge in [0.1, 0.15) is 24.4 Å². The molecule has 0 aromatic heterocycles. The summed E-state index contributed by atoms with van der Waals surface area (Å²) < 4.78 is 16.7. The van der Waals surface area contributed by atoms with E-state index >= 15 is 0 Å². The van der Waals surface area contributed by atoms with Crippen molar-refractivity contribution in [3.63, 3.8) is 0 Å². The lowest BCUT2D eigenvalue weighted by Gasteiger charge is -2.40. The number of aliphatic hydroxyl groups excluding tert-OH is 5. The first-order valence-electron chi connectivity index (χ1n) is 36.6. The largest absolute Gasteiger partial charge is 0.466 e. The molecular weight excluding hydrogens is 1070 g/mol. The fourth-order valence-electron chi connectivity index (χ4n) is 11.3. The molecule has 7 atom stereocenters. The van der Waals surface area contributed by atoms with E-state index in [1.54, 1.807) is 6.08 Å². The Morgan fingerprint density at radius 3 is 1.22 bits per heavy atom. The van der Waals surface area contributed by atoms with Crippen molar-refractivity contribution in [1.82, 2.24) is 5.32 Å². The van der Waals surface area contributed by atoms with E-state index in [4.69, 9.17) is 14.2 Å².